The van der Waals surface area contributed by atoms with Gasteiger partial charge < -0.3 is 14.3 Å². The summed E-state index contributed by atoms with van der Waals surface area (Å²) < 4.78 is 10.9. The standard InChI is InChI=1S/C14H18N2O3S/c1-10(7-17)8-20-9-13-15-16-14(19-13)11-5-3-4-6-12(11)18-2/h3-6,10,17H,7-9H2,1-2H3. The lowest BCUT2D eigenvalue weighted by Crippen LogP contribution is -2.03. The lowest BCUT2D eigenvalue weighted by Gasteiger charge is -2.05. The van der Waals surface area contributed by atoms with E-state index in [2.05, 4.69) is 10.2 Å². The van der Waals surface area contributed by atoms with Crippen LogP contribution in [0.15, 0.2) is 28.7 Å². The number of para-hydroxylation sites is 1. The monoisotopic (exact) mass is 294 g/mol. The summed E-state index contributed by atoms with van der Waals surface area (Å²) in [6.07, 6.45) is 0. The van der Waals surface area contributed by atoms with E-state index < -0.39 is 0 Å². The molecule has 6 heteroatoms. The van der Waals surface area contributed by atoms with Crippen molar-refractivity contribution in [1.29, 1.82) is 0 Å². The second-order valence-corrected chi connectivity index (χ2v) is 5.53. The Morgan fingerprint density at radius 2 is 2.15 bits per heavy atom. The zero-order valence-electron chi connectivity index (χ0n) is 11.6. The van der Waals surface area contributed by atoms with Gasteiger partial charge in [-0.3, -0.25) is 0 Å². The molecule has 5 nitrogen and oxygen atoms in total. The number of hydrogen-bond donors (Lipinski definition) is 1. The van der Waals surface area contributed by atoms with Crippen molar-refractivity contribution in [3.8, 4) is 17.2 Å². The number of aliphatic hydroxyl groups is 1. The van der Waals surface area contributed by atoms with Crippen molar-refractivity contribution in [3.05, 3.63) is 30.2 Å². The molecule has 0 amide bonds. The molecule has 0 aliphatic heterocycles. The maximum Gasteiger partial charge on any atom is 0.251 e. The van der Waals surface area contributed by atoms with E-state index >= 15 is 0 Å². The molecule has 0 fully saturated rings. The van der Waals surface area contributed by atoms with E-state index in [1.165, 1.54) is 0 Å². The molecule has 0 saturated carbocycles. The Balaban J connectivity index is 2.01. The van der Waals surface area contributed by atoms with Crippen LogP contribution in [0.1, 0.15) is 12.8 Å². The van der Waals surface area contributed by atoms with Crippen LogP contribution >= 0.6 is 11.8 Å². The van der Waals surface area contributed by atoms with E-state index in [1.807, 2.05) is 31.2 Å². The molecule has 0 aliphatic rings. The summed E-state index contributed by atoms with van der Waals surface area (Å²) in [5.74, 6) is 3.55. The minimum absolute atomic E-state index is 0.198. The van der Waals surface area contributed by atoms with Crippen LogP contribution < -0.4 is 4.74 Å². The number of ether oxygens (including phenoxy) is 1. The molecule has 2 rings (SSSR count). The molecule has 0 saturated heterocycles. The van der Waals surface area contributed by atoms with Gasteiger partial charge in [-0.15, -0.1) is 10.2 Å². The van der Waals surface area contributed by atoms with Gasteiger partial charge in [-0.05, 0) is 23.8 Å². The molecule has 20 heavy (non-hydrogen) atoms. The predicted octanol–water partition coefficient (Wildman–Crippen LogP) is 2.61. The molecule has 0 spiro atoms. The highest BCUT2D eigenvalue weighted by Crippen LogP contribution is 2.29. The fraction of sp³-hybridized carbons (Fsp3) is 0.429. The lowest BCUT2D eigenvalue weighted by atomic mass is 10.2. The normalized spacial score (nSPS) is 12.3. The van der Waals surface area contributed by atoms with E-state index in [4.69, 9.17) is 14.3 Å². The average molecular weight is 294 g/mol. The Bertz CT molecular complexity index is 545. The van der Waals surface area contributed by atoms with E-state index in [9.17, 15) is 0 Å². The van der Waals surface area contributed by atoms with E-state index in [1.54, 1.807) is 18.9 Å². The van der Waals surface area contributed by atoms with E-state index in [-0.39, 0.29) is 12.5 Å². The van der Waals surface area contributed by atoms with Crippen molar-refractivity contribution in [2.75, 3.05) is 19.5 Å². The number of rotatable bonds is 7. The van der Waals surface area contributed by atoms with Crippen LogP contribution in [0.25, 0.3) is 11.5 Å². The van der Waals surface area contributed by atoms with Gasteiger partial charge in [0.15, 0.2) is 0 Å². The largest absolute Gasteiger partial charge is 0.496 e. The molecule has 1 unspecified atom stereocenters. The van der Waals surface area contributed by atoms with Crippen LogP contribution in [0.4, 0.5) is 0 Å². The molecule has 1 aromatic heterocycles. The number of methoxy groups -OCH3 is 1. The summed E-state index contributed by atoms with van der Waals surface area (Å²) in [4.78, 5) is 0. The van der Waals surface area contributed by atoms with Crippen LogP contribution in [0.5, 0.6) is 5.75 Å². The van der Waals surface area contributed by atoms with E-state index in [0.717, 1.165) is 11.3 Å². The van der Waals surface area contributed by atoms with Crippen LogP contribution in [-0.2, 0) is 5.75 Å². The number of aliphatic hydroxyl groups excluding tert-OH is 1. The van der Waals surface area contributed by atoms with Crippen LogP contribution in [0.2, 0.25) is 0 Å². The van der Waals surface area contributed by atoms with Gasteiger partial charge in [0.25, 0.3) is 5.89 Å². The fourth-order valence-electron chi connectivity index (χ4n) is 1.64. The second-order valence-electron chi connectivity index (χ2n) is 4.50. The second kappa shape index (κ2) is 7.31. The third-order valence-electron chi connectivity index (χ3n) is 2.74. The Labute approximate surface area is 122 Å². The van der Waals surface area contributed by atoms with Gasteiger partial charge in [-0.1, -0.05) is 19.1 Å². The Morgan fingerprint density at radius 1 is 1.35 bits per heavy atom. The van der Waals surface area contributed by atoms with Crippen molar-refractivity contribution < 1.29 is 14.3 Å². The number of benzene rings is 1. The maximum atomic E-state index is 8.96. The third-order valence-corrected chi connectivity index (χ3v) is 4.00. The topological polar surface area (TPSA) is 68.4 Å². The van der Waals surface area contributed by atoms with Crippen LogP contribution in [0, 0.1) is 5.92 Å². The smallest absolute Gasteiger partial charge is 0.251 e. The summed E-state index contributed by atoms with van der Waals surface area (Å²) in [5.41, 5.74) is 0.794. The molecular formula is C14H18N2O3S. The lowest BCUT2D eigenvalue weighted by molar-refractivity contribution is 0.250. The van der Waals surface area contributed by atoms with Gasteiger partial charge in [-0.2, -0.15) is 11.8 Å². The van der Waals surface area contributed by atoms with Gasteiger partial charge >= 0.3 is 0 Å². The van der Waals surface area contributed by atoms with Gasteiger partial charge in [0.1, 0.15) is 5.75 Å². The zero-order valence-corrected chi connectivity index (χ0v) is 12.4. The molecule has 2 aromatic rings. The van der Waals surface area contributed by atoms with Gasteiger partial charge in [0, 0.05) is 6.61 Å². The van der Waals surface area contributed by atoms with Crippen LogP contribution in [0.3, 0.4) is 0 Å². The first kappa shape index (κ1) is 14.9. The molecule has 108 valence electrons. The summed E-state index contributed by atoms with van der Waals surface area (Å²) in [5, 5.41) is 17.1. The molecular weight excluding hydrogens is 276 g/mol. The van der Waals surface area contributed by atoms with Crippen molar-refractivity contribution >= 4 is 11.8 Å². The fourth-order valence-corrected chi connectivity index (χ4v) is 2.56. The highest BCUT2D eigenvalue weighted by molar-refractivity contribution is 7.98. The minimum atomic E-state index is 0.198. The molecule has 1 N–H and O–H groups in total. The quantitative estimate of drug-likeness (QED) is 0.846. The van der Waals surface area contributed by atoms with Crippen LogP contribution in [-0.4, -0.2) is 34.8 Å². The maximum absolute atomic E-state index is 8.96. The van der Waals surface area contributed by atoms with Gasteiger partial charge in [0.05, 0.1) is 18.4 Å². The third kappa shape index (κ3) is 3.74. The van der Waals surface area contributed by atoms with Crippen molar-refractivity contribution in [3.63, 3.8) is 0 Å². The molecule has 0 aliphatic carbocycles. The van der Waals surface area contributed by atoms with Crippen molar-refractivity contribution in [2.45, 2.75) is 12.7 Å². The number of nitrogens with zero attached hydrogens (tertiary/aromatic N) is 2. The summed E-state index contributed by atoms with van der Waals surface area (Å²) in [6.45, 7) is 2.20. The summed E-state index contributed by atoms with van der Waals surface area (Å²) >= 11 is 1.67. The molecule has 0 bridgehead atoms. The Hall–Kier alpha value is -1.53. The predicted molar refractivity (Wildman–Crippen MR) is 78.7 cm³/mol. The Morgan fingerprint density at radius 3 is 2.90 bits per heavy atom. The number of aromatic nitrogens is 2. The molecule has 1 heterocycles. The van der Waals surface area contributed by atoms with Crippen molar-refractivity contribution in [1.82, 2.24) is 10.2 Å². The highest BCUT2D eigenvalue weighted by Gasteiger charge is 2.13. The molecule has 0 radical (unpaired) electrons. The Kier molecular flexibility index (Phi) is 5.43. The highest BCUT2D eigenvalue weighted by atomic mass is 32.2. The summed E-state index contributed by atoms with van der Waals surface area (Å²) in [6, 6.07) is 7.54. The SMILES string of the molecule is COc1ccccc1-c1nnc(CSCC(C)CO)o1. The molecule has 1 aromatic carbocycles. The van der Waals surface area contributed by atoms with Crippen molar-refractivity contribution in [2.24, 2.45) is 5.92 Å². The van der Waals surface area contributed by atoms with Gasteiger partial charge in [0.2, 0.25) is 5.89 Å². The zero-order chi connectivity index (χ0) is 14.4. The van der Waals surface area contributed by atoms with E-state index in [0.29, 0.717) is 23.3 Å². The molecule has 1 atom stereocenters. The first-order valence-electron chi connectivity index (χ1n) is 6.39. The van der Waals surface area contributed by atoms with Gasteiger partial charge in [-0.25, -0.2) is 0 Å². The number of thioether (sulfide) groups is 1. The minimum Gasteiger partial charge on any atom is -0.496 e. The average Bonchev–Trinajstić information content (AvgIpc) is 2.95. The first-order valence-corrected chi connectivity index (χ1v) is 7.54. The summed E-state index contributed by atoms with van der Waals surface area (Å²) in [7, 11) is 1.61. The number of hydrogen-bond acceptors (Lipinski definition) is 6. The first-order chi connectivity index (χ1) is 9.74.